The number of hydrogen-bond acceptors (Lipinski definition) is 5. The molecular formula is C25H22N2O3S. The zero-order chi connectivity index (χ0) is 21.9. The maximum Gasteiger partial charge on any atom is 0.297 e. The second kappa shape index (κ2) is 7.17. The summed E-state index contributed by atoms with van der Waals surface area (Å²) in [7, 11) is 0. The van der Waals surface area contributed by atoms with E-state index < -0.39 is 6.04 Å². The molecule has 1 aliphatic heterocycles. The van der Waals surface area contributed by atoms with Gasteiger partial charge in [-0.1, -0.05) is 49.7 Å². The van der Waals surface area contributed by atoms with E-state index in [0.29, 0.717) is 27.6 Å². The summed E-state index contributed by atoms with van der Waals surface area (Å²) in [5, 5.41) is 2.96. The molecule has 1 atom stereocenters. The molecule has 6 heteroatoms. The third-order valence-corrected chi connectivity index (χ3v) is 6.72. The SMILES string of the molecule is Cc1ccc2oc3c(c(=O)c2c1)[C@@H](c1ccc(C(C)C)cc1)N(c1nc(C)cs1)C3=O. The van der Waals surface area contributed by atoms with Gasteiger partial charge in [0.2, 0.25) is 5.76 Å². The zero-order valence-electron chi connectivity index (χ0n) is 17.8. The highest BCUT2D eigenvalue weighted by atomic mass is 32.1. The van der Waals surface area contributed by atoms with Gasteiger partial charge in [0.1, 0.15) is 5.58 Å². The lowest BCUT2D eigenvalue weighted by molar-refractivity contribution is 0.0971. The fourth-order valence-corrected chi connectivity index (χ4v) is 4.94. The van der Waals surface area contributed by atoms with Crippen LogP contribution in [0.25, 0.3) is 11.0 Å². The summed E-state index contributed by atoms with van der Waals surface area (Å²) in [5.74, 6) is 0.162. The summed E-state index contributed by atoms with van der Waals surface area (Å²) in [5.41, 5.74) is 4.51. The third-order valence-electron chi connectivity index (χ3n) is 5.76. The molecule has 1 amide bonds. The largest absolute Gasteiger partial charge is 0.450 e. The molecule has 0 saturated carbocycles. The van der Waals surface area contributed by atoms with E-state index in [1.165, 1.54) is 16.9 Å². The van der Waals surface area contributed by atoms with Crippen molar-refractivity contribution < 1.29 is 9.21 Å². The minimum atomic E-state index is -0.574. The maximum absolute atomic E-state index is 13.6. The number of aryl methyl sites for hydroxylation is 2. The van der Waals surface area contributed by atoms with Crippen molar-refractivity contribution in [3.63, 3.8) is 0 Å². The zero-order valence-corrected chi connectivity index (χ0v) is 18.6. The number of carbonyl (C=O) groups excluding carboxylic acids is 1. The number of thiazole rings is 1. The molecule has 5 rings (SSSR count). The Labute approximate surface area is 184 Å². The van der Waals surface area contributed by atoms with Crippen molar-refractivity contribution in [1.29, 1.82) is 0 Å². The average Bonchev–Trinajstić information content (AvgIpc) is 3.30. The third kappa shape index (κ3) is 3.10. The van der Waals surface area contributed by atoms with Crippen LogP contribution in [-0.2, 0) is 0 Å². The second-order valence-electron chi connectivity index (χ2n) is 8.34. The Bertz CT molecular complexity index is 1380. The first-order chi connectivity index (χ1) is 14.8. The molecule has 0 unspecified atom stereocenters. The smallest absolute Gasteiger partial charge is 0.297 e. The van der Waals surface area contributed by atoms with E-state index in [1.54, 1.807) is 11.0 Å². The molecule has 4 aromatic rings. The van der Waals surface area contributed by atoms with Crippen molar-refractivity contribution in [2.45, 2.75) is 39.7 Å². The van der Waals surface area contributed by atoms with Crippen molar-refractivity contribution in [1.82, 2.24) is 4.98 Å². The van der Waals surface area contributed by atoms with Crippen molar-refractivity contribution >= 4 is 33.3 Å². The number of hydrogen-bond donors (Lipinski definition) is 0. The van der Waals surface area contributed by atoms with Gasteiger partial charge in [-0.25, -0.2) is 4.98 Å². The van der Waals surface area contributed by atoms with Gasteiger partial charge in [-0.3, -0.25) is 14.5 Å². The van der Waals surface area contributed by atoms with Crippen molar-refractivity contribution in [2.75, 3.05) is 4.90 Å². The Morgan fingerprint density at radius 3 is 2.45 bits per heavy atom. The van der Waals surface area contributed by atoms with Gasteiger partial charge < -0.3 is 4.42 Å². The van der Waals surface area contributed by atoms with Crippen molar-refractivity contribution in [2.24, 2.45) is 0 Å². The molecular weight excluding hydrogens is 408 g/mol. The molecule has 1 aliphatic rings. The van der Waals surface area contributed by atoms with Gasteiger partial charge in [-0.05, 0) is 43.0 Å². The monoisotopic (exact) mass is 430 g/mol. The predicted octanol–water partition coefficient (Wildman–Crippen LogP) is 5.74. The molecule has 0 bridgehead atoms. The van der Waals surface area contributed by atoms with E-state index >= 15 is 0 Å². The van der Waals surface area contributed by atoms with E-state index in [1.807, 2.05) is 43.5 Å². The van der Waals surface area contributed by atoms with E-state index in [-0.39, 0.29) is 17.1 Å². The summed E-state index contributed by atoms with van der Waals surface area (Å²) in [6.45, 7) is 8.10. The Morgan fingerprint density at radius 1 is 1.06 bits per heavy atom. The van der Waals surface area contributed by atoms with E-state index in [9.17, 15) is 9.59 Å². The van der Waals surface area contributed by atoms with Crippen LogP contribution in [-0.4, -0.2) is 10.9 Å². The predicted molar refractivity (Wildman–Crippen MR) is 123 cm³/mol. The van der Waals surface area contributed by atoms with Crippen LogP contribution in [0, 0.1) is 13.8 Å². The van der Waals surface area contributed by atoms with Gasteiger partial charge in [0, 0.05) is 5.38 Å². The topological polar surface area (TPSA) is 63.4 Å². The van der Waals surface area contributed by atoms with Gasteiger partial charge in [-0.15, -0.1) is 11.3 Å². The molecule has 0 aliphatic carbocycles. The number of amides is 1. The lowest BCUT2D eigenvalue weighted by Gasteiger charge is -2.23. The van der Waals surface area contributed by atoms with Crippen LogP contribution in [0.1, 0.15) is 64.3 Å². The van der Waals surface area contributed by atoms with Crippen LogP contribution in [0.2, 0.25) is 0 Å². The molecule has 0 spiro atoms. The summed E-state index contributed by atoms with van der Waals surface area (Å²) in [4.78, 5) is 33.2. The summed E-state index contributed by atoms with van der Waals surface area (Å²) >= 11 is 1.39. The molecule has 2 aromatic heterocycles. The molecule has 2 aromatic carbocycles. The van der Waals surface area contributed by atoms with Crippen LogP contribution in [0.5, 0.6) is 0 Å². The first-order valence-electron chi connectivity index (χ1n) is 10.3. The van der Waals surface area contributed by atoms with Crippen LogP contribution < -0.4 is 10.3 Å². The number of aromatic nitrogens is 1. The number of benzene rings is 2. The van der Waals surface area contributed by atoms with E-state index in [0.717, 1.165) is 16.8 Å². The fraction of sp³-hybridized carbons (Fsp3) is 0.240. The number of fused-ring (bicyclic) bond motifs is 2. The van der Waals surface area contributed by atoms with E-state index in [2.05, 4.69) is 31.0 Å². The summed E-state index contributed by atoms with van der Waals surface area (Å²) in [6.07, 6.45) is 0. The molecule has 156 valence electrons. The standard InChI is InChI=1S/C25H22N2O3S/c1-13(2)16-6-8-17(9-7-16)21-20-22(28)18-11-14(3)5-10-19(18)30-23(20)24(29)27(21)25-26-15(4)12-31-25/h5-13,21H,1-4H3/t21-/m1/s1. The summed E-state index contributed by atoms with van der Waals surface area (Å²) < 4.78 is 6.01. The first-order valence-corrected chi connectivity index (χ1v) is 11.2. The lowest BCUT2D eigenvalue weighted by Crippen LogP contribution is -2.29. The van der Waals surface area contributed by atoms with Gasteiger partial charge in [-0.2, -0.15) is 0 Å². The Hall–Kier alpha value is -3.25. The summed E-state index contributed by atoms with van der Waals surface area (Å²) in [6, 6.07) is 13.0. The lowest BCUT2D eigenvalue weighted by atomic mass is 9.95. The van der Waals surface area contributed by atoms with Crippen LogP contribution in [0.3, 0.4) is 0 Å². The highest BCUT2D eigenvalue weighted by molar-refractivity contribution is 7.14. The quantitative estimate of drug-likeness (QED) is 0.416. The highest BCUT2D eigenvalue weighted by Gasteiger charge is 2.44. The van der Waals surface area contributed by atoms with Gasteiger partial charge in [0.25, 0.3) is 5.91 Å². The van der Waals surface area contributed by atoms with Crippen LogP contribution >= 0.6 is 11.3 Å². The first kappa shape index (κ1) is 19.7. The maximum atomic E-state index is 13.6. The molecule has 0 N–H and O–H groups in total. The van der Waals surface area contributed by atoms with Gasteiger partial charge in [0.05, 0.1) is 22.7 Å². The number of nitrogens with zero attached hydrogens (tertiary/aromatic N) is 2. The molecule has 0 radical (unpaired) electrons. The minimum absolute atomic E-state index is 0.104. The number of carbonyl (C=O) groups is 1. The van der Waals surface area contributed by atoms with Gasteiger partial charge in [0.15, 0.2) is 10.6 Å². The van der Waals surface area contributed by atoms with Crippen molar-refractivity contribution in [3.8, 4) is 0 Å². The van der Waals surface area contributed by atoms with Gasteiger partial charge >= 0.3 is 0 Å². The second-order valence-corrected chi connectivity index (χ2v) is 9.18. The minimum Gasteiger partial charge on any atom is -0.450 e. The fourth-order valence-electron chi connectivity index (χ4n) is 4.11. The number of rotatable bonds is 3. The average molecular weight is 431 g/mol. The number of anilines is 1. The Kier molecular flexibility index (Phi) is 4.55. The Morgan fingerprint density at radius 2 is 1.81 bits per heavy atom. The molecule has 3 heterocycles. The van der Waals surface area contributed by atoms with Crippen LogP contribution in [0.4, 0.5) is 5.13 Å². The molecule has 0 fully saturated rings. The molecule has 0 saturated heterocycles. The van der Waals surface area contributed by atoms with E-state index in [4.69, 9.17) is 4.42 Å². The highest BCUT2D eigenvalue weighted by Crippen LogP contribution is 2.42. The molecule has 5 nitrogen and oxygen atoms in total. The molecule has 31 heavy (non-hydrogen) atoms. The van der Waals surface area contributed by atoms with Crippen LogP contribution in [0.15, 0.2) is 57.1 Å². The Balaban J connectivity index is 1.78. The normalized spacial score (nSPS) is 15.8. The van der Waals surface area contributed by atoms with Crippen molar-refractivity contribution in [3.05, 3.63) is 91.8 Å².